The molecule has 5 heteroatoms. The highest BCUT2D eigenvalue weighted by atomic mass is 35.5. The molecule has 0 spiro atoms. The van der Waals surface area contributed by atoms with Gasteiger partial charge in [0.15, 0.2) is 0 Å². The van der Waals surface area contributed by atoms with Crippen LogP contribution in [0.15, 0.2) is 0 Å². The van der Waals surface area contributed by atoms with Crippen LogP contribution in [0.3, 0.4) is 0 Å². The van der Waals surface area contributed by atoms with Crippen LogP contribution in [-0.4, -0.2) is 22.0 Å². The van der Waals surface area contributed by atoms with Gasteiger partial charge in [0.25, 0.3) is 0 Å². The van der Waals surface area contributed by atoms with Gasteiger partial charge in [-0.25, -0.2) is 0 Å². The normalized spacial score (nSPS) is 11.3. The Morgan fingerprint density at radius 3 is 2.67 bits per heavy atom. The summed E-state index contributed by atoms with van der Waals surface area (Å²) < 4.78 is 6.71. The minimum atomic E-state index is -0.102. The van der Waals surface area contributed by atoms with Gasteiger partial charge in [0, 0.05) is 19.2 Å². The Morgan fingerprint density at radius 1 is 1.53 bits per heavy atom. The SMILES string of the molecule is COCc1nn(CC(C)C)c(Cl)c1CO. The lowest BCUT2D eigenvalue weighted by Crippen LogP contribution is -2.06. The molecule has 0 atom stereocenters. The van der Waals surface area contributed by atoms with Gasteiger partial charge >= 0.3 is 0 Å². The summed E-state index contributed by atoms with van der Waals surface area (Å²) in [7, 11) is 1.59. The van der Waals surface area contributed by atoms with Gasteiger partial charge in [-0.2, -0.15) is 5.10 Å². The van der Waals surface area contributed by atoms with Gasteiger partial charge in [0.1, 0.15) is 5.15 Å². The molecule has 0 radical (unpaired) electrons. The van der Waals surface area contributed by atoms with Gasteiger partial charge in [-0.1, -0.05) is 25.4 Å². The minimum absolute atomic E-state index is 0.102. The predicted octanol–water partition coefficient (Wildman–Crippen LogP) is 1.83. The van der Waals surface area contributed by atoms with E-state index in [1.54, 1.807) is 11.8 Å². The van der Waals surface area contributed by atoms with Crippen LogP contribution in [0.5, 0.6) is 0 Å². The molecule has 0 saturated heterocycles. The van der Waals surface area contributed by atoms with Crippen molar-refractivity contribution in [1.82, 2.24) is 9.78 Å². The first-order chi connectivity index (χ1) is 7.10. The highest BCUT2D eigenvalue weighted by Crippen LogP contribution is 2.21. The summed E-state index contributed by atoms with van der Waals surface area (Å²) in [5.74, 6) is 0.462. The quantitative estimate of drug-likeness (QED) is 0.843. The number of nitrogens with zero attached hydrogens (tertiary/aromatic N) is 2. The summed E-state index contributed by atoms with van der Waals surface area (Å²) >= 11 is 6.09. The van der Waals surface area contributed by atoms with Crippen LogP contribution in [0.1, 0.15) is 25.1 Å². The molecule has 15 heavy (non-hydrogen) atoms. The Morgan fingerprint density at radius 2 is 2.20 bits per heavy atom. The maximum atomic E-state index is 9.18. The molecule has 0 amide bonds. The zero-order chi connectivity index (χ0) is 11.4. The largest absolute Gasteiger partial charge is 0.391 e. The molecular formula is C10H17ClN2O2. The first-order valence-electron chi connectivity index (χ1n) is 4.94. The molecule has 1 heterocycles. The number of aromatic nitrogens is 2. The van der Waals surface area contributed by atoms with Crippen LogP contribution < -0.4 is 0 Å². The lowest BCUT2D eigenvalue weighted by atomic mass is 10.2. The molecule has 0 aromatic carbocycles. The van der Waals surface area contributed by atoms with E-state index in [9.17, 15) is 5.11 Å². The van der Waals surface area contributed by atoms with Crippen LogP contribution in [0.4, 0.5) is 0 Å². The number of rotatable bonds is 5. The fraction of sp³-hybridized carbons (Fsp3) is 0.700. The van der Waals surface area contributed by atoms with E-state index in [-0.39, 0.29) is 6.61 Å². The Bertz CT molecular complexity index is 323. The molecule has 1 rings (SSSR count). The second kappa shape index (κ2) is 5.49. The summed E-state index contributed by atoms with van der Waals surface area (Å²) in [6.07, 6.45) is 0. The fourth-order valence-electron chi connectivity index (χ4n) is 1.40. The Hall–Kier alpha value is -0.580. The number of hydrogen-bond acceptors (Lipinski definition) is 3. The topological polar surface area (TPSA) is 47.3 Å². The van der Waals surface area contributed by atoms with Crippen molar-refractivity contribution in [3.8, 4) is 0 Å². The smallest absolute Gasteiger partial charge is 0.132 e. The van der Waals surface area contributed by atoms with Crippen molar-refractivity contribution in [2.24, 2.45) is 5.92 Å². The third kappa shape index (κ3) is 2.93. The molecule has 0 aliphatic carbocycles. The maximum Gasteiger partial charge on any atom is 0.132 e. The van der Waals surface area contributed by atoms with Gasteiger partial charge in [0.2, 0.25) is 0 Å². The van der Waals surface area contributed by atoms with E-state index in [1.165, 1.54) is 0 Å². The van der Waals surface area contributed by atoms with Crippen molar-refractivity contribution in [3.63, 3.8) is 0 Å². The molecule has 86 valence electrons. The number of aliphatic hydroxyl groups excluding tert-OH is 1. The molecule has 0 aliphatic heterocycles. The molecular weight excluding hydrogens is 216 g/mol. The van der Waals surface area contributed by atoms with Crippen molar-refractivity contribution in [1.29, 1.82) is 0 Å². The Balaban J connectivity index is 2.98. The second-order valence-corrected chi connectivity index (χ2v) is 4.24. The molecule has 1 aromatic rings. The van der Waals surface area contributed by atoms with Crippen molar-refractivity contribution < 1.29 is 9.84 Å². The monoisotopic (exact) mass is 232 g/mol. The summed E-state index contributed by atoms with van der Waals surface area (Å²) in [6, 6.07) is 0. The van der Waals surface area contributed by atoms with Crippen molar-refractivity contribution in [3.05, 3.63) is 16.4 Å². The lowest BCUT2D eigenvalue weighted by Gasteiger charge is -2.05. The van der Waals surface area contributed by atoms with E-state index in [0.717, 1.165) is 6.54 Å². The number of hydrogen-bond donors (Lipinski definition) is 1. The molecule has 0 unspecified atom stereocenters. The zero-order valence-corrected chi connectivity index (χ0v) is 10.1. The van der Waals surface area contributed by atoms with Crippen molar-refractivity contribution in [2.75, 3.05) is 7.11 Å². The van der Waals surface area contributed by atoms with Gasteiger partial charge in [-0.15, -0.1) is 0 Å². The highest BCUT2D eigenvalue weighted by Gasteiger charge is 2.15. The highest BCUT2D eigenvalue weighted by molar-refractivity contribution is 6.30. The fourth-order valence-corrected chi connectivity index (χ4v) is 1.68. The number of aliphatic hydroxyl groups is 1. The lowest BCUT2D eigenvalue weighted by molar-refractivity contribution is 0.177. The van der Waals surface area contributed by atoms with E-state index in [1.807, 2.05) is 0 Å². The van der Waals surface area contributed by atoms with E-state index < -0.39 is 0 Å². The first kappa shape index (κ1) is 12.5. The van der Waals surface area contributed by atoms with Crippen LogP contribution in [-0.2, 0) is 24.5 Å². The third-order valence-corrected chi connectivity index (χ3v) is 2.47. The number of halogens is 1. The molecule has 4 nitrogen and oxygen atoms in total. The summed E-state index contributed by atoms with van der Waals surface area (Å²) in [4.78, 5) is 0. The zero-order valence-electron chi connectivity index (χ0n) is 9.33. The molecule has 1 aromatic heterocycles. The van der Waals surface area contributed by atoms with Gasteiger partial charge in [0.05, 0.1) is 18.9 Å². The van der Waals surface area contributed by atoms with E-state index in [0.29, 0.717) is 28.9 Å². The number of methoxy groups -OCH3 is 1. The minimum Gasteiger partial charge on any atom is -0.391 e. The average molecular weight is 233 g/mol. The maximum absolute atomic E-state index is 9.18. The van der Waals surface area contributed by atoms with Crippen molar-refractivity contribution >= 4 is 11.6 Å². The molecule has 0 fully saturated rings. The molecule has 1 N–H and O–H groups in total. The van der Waals surface area contributed by atoms with Crippen LogP contribution >= 0.6 is 11.6 Å². The summed E-state index contributed by atoms with van der Waals surface area (Å²) in [6.45, 7) is 5.20. The van der Waals surface area contributed by atoms with Gasteiger partial charge in [-0.3, -0.25) is 4.68 Å². The summed E-state index contributed by atoms with van der Waals surface area (Å²) in [5, 5.41) is 14.0. The molecule has 0 saturated carbocycles. The molecule has 0 aliphatic rings. The van der Waals surface area contributed by atoms with E-state index in [2.05, 4.69) is 18.9 Å². The van der Waals surface area contributed by atoms with E-state index >= 15 is 0 Å². The van der Waals surface area contributed by atoms with Crippen LogP contribution in [0.2, 0.25) is 5.15 Å². The number of ether oxygens (including phenoxy) is 1. The Labute approximate surface area is 94.8 Å². The Kier molecular flexibility index (Phi) is 4.57. The summed E-state index contributed by atoms with van der Waals surface area (Å²) in [5.41, 5.74) is 1.38. The third-order valence-electron chi connectivity index (χ3n) is 2.04. The van der Waals surface area contributed by atoms with E-state index in [4.69, 9.17) is 16.3 Å². The van der Waals surface area contributed by atoms with Gasteiger partial charge < -0.3 is 9.84 Å². The first-order valence-corrected chi connectivity index (χ1v) is 5.31. The standard InChI is InChI=1S/C10H17ClN2O2/c1-7(2)4-13-10(11)8(5-14)9(12-13)6-15-3/h7,14H,4-6H2,1-3H3. The van der Waals surface area contributed by atoms with Crippen LogP contribution in [0, 0.1) is 5.92 Å². The average Bonchev–Trinajstić information content (AvgIpc) is 2.43. The van der Waals surface area contributed by atoms with Crippen molar-refractivity contribution in [2.45, 2.75) is 33.6 Å². The van der Waals surface area contributed by atoms with Crippen LogP contribution in [0.25, 0.3) is 0 Å². The molecule has 0 bridgehead atoms. The second-order valence-electron chi connectivity index (χ2n) is 3.88. The van der Waals surface area contributed by atoms with Gasteiger partial charge in [-0.05, 0) is 5.92 Å². The predicted molar refractivity (Wildman–Crippen MR) is 58.7 cm³/mol.